The minimum Gasteiger partial charge on any atom is -0.385 e. The van der Waals surface area contributed by atoms with E-state index in [1.807, 2.05) is 31.2 Å². The molecule has 0 bridgehead atoms. The van der Waals surface area contributed by atoms with Crippen molar-refractivity contribution in [1.29, 1.82) is 0 Å². The summed E-state index contributed by atoms with van der Waals surface area (Å²) in [5, 5.41) is 20.6. The van der Waals surface area contributed by atoms with Crippen LogP contribution in [0.2, 0.25) is 0 Å². The molecule has 5 nitrogen and oxygen atoms in total. The van der Waals surface area contributed by atoms with E-state index in [1.54, 1.807) is 0 Å². The zero-order chi connectivity index (χ0) is 12.1. The first-order valence-electron chi connectivity index (χ1n) is 5.33. The highest BCUT2D eigenvalue weighted by atomic mass is 32.1. The van der Waals surface area contributed by atoms with E-state index in [0.29, 0.717) is 5.13 Å². The van der Waals surface area contributed by atoms with E-state index in [1.165, 1.54) is 11.3 Å². The molecule has 6 heteroatoms. The van der Waals surface area contributed by atoms with Crippen LogP contribution in [0, 0.1) is 6.92 Å². The van der Waals surface area contributed by atoms with Crippen LogP contribution in [0.5, 0.6) is 0 Å². The summed E-state index contributed by atoms with van der Waals surface area (Å²) in [6.45, 7) is 4.86. The van der Waals surface area contributed by atoms with Gasteiger partial charge in [-0.15, -0.1) is 20.4 Å². The number of azo groups is 1. The Hall–Kier alpha value is -1.82. The predicted octanol–water partition coefficient (Wildman–Crippen LogP) is 3.69. The molecule has 0 amide bonds. The van der Waals surface area contributed by atoms with E-state index >= 15 is 0 Å². The highest BCUT2D eigenvalue weighted by molar-refractivity contribution is 7.14. The summed E-state index contributed by atoms with van der Waals surface area (Å²) in [6.07, 6.45) is 0. The number of aromatic nitrogens is 2. The molecular formula is C11H13N5S. The van der Waals surface area contributed by atoms with Gasteiger partial charge in [-0.1, -0.05) is 11.3 Å². The Bertz CT molecular complexity index is 503. The molecule has 1 aromatic carbocycles. The Morgan fingerprint density at radius 2 is 1.94 bits per heavy atom. The molecule has 0 aliphatic carbocycles. The van der Waals surface area contributed by atoms with Gasteiger partial charge in [-0.25, -0.2) is 0 Å². The summed E-state index contributed by atoms with van der Waals surface area (Å²) in [6, 6.07) is 7.77. The maximum Gasteiger partial charge on any atom is 0.251 e. The van der Waals surface area contributed by atoms with Gasteiger partial charge < -0.3 is 5.32 Å². The smallest absolute Gasteiger partial charge is 0.251 e. The summed E-state index contributed by atoms with van der Waals surface area (Å²) >= 11 is 1.42. The summed E-state index contributed by atoms with van der Waals surface area (Å²) in [5.41, 5.74) is 1.89. The Balaban J connectivity index is 2.05. The van der Waals surface area contributed by atoms with Gasteiger partial charge >= 0.3 is 0 Å². The zero-order valence-corrected chi connectivity index (χ0v) is 10.5. The van der Waals surface area contributed by atoms with E-state index in [4.69, 9.17) is 0 Å². The van der Waals surface area contributed by atoms with Crippen molar-refractivity contribution in [3.63, 3.8) is 0 Å². The van der Waals surface area contributed by atoms with Crippen molar-refractivity contribution in [1.82, 2.24) is 10.2 Å². The van der Waals surface area contributed by atoms with Crippen LogP contribution in [0.1, 0.15) is 11.9 Å². The molecule has 0 saturated carbocycles. The molecule has 1 aromatic heterocycles. The number of hydrogen-bond acceptors (Lipinski definition) is 6. The summed E-state index contributed by atoms with van der Waals surface area (Å²) in [4.78, 5) is 0. The second-order valence-corrected chi connectivity index (χ2v) is 4.54. The van der Waals surface area contributed by atoms with Gasteiger partial charge in [-0.2, -0.15) is 0 Å². The lowest BCUT2D eigenvalue weighted by Gasteiger charge is -2.01. The van der Waals surface area contributed by atoms with E-state index in [9.17, 15) is 0 Å². The van der Waals surface area contributed by atoms with Gasteiger partial charge in [0.1, 0.15) is 5.01 Å². The van der Waals surface area contributed by atoms with E-state index in [0.717, 1.165) is 22.9 Å². The molecule has 0 aliphatic rings. The van der Waals surface area contributed by atoms with E-state index < -0.39 is 0 Å². The number of benzene rings is 1. The summed E-state index contributed by atoms with van der Waals surface area (Å²) in [7, 11) is 0. The Labute approximate surface area is 104 Å². The minimum atomic E-state index is 0.582. The van der Waals surface area contributed by atoms with Crippen molar-refractivity contribution in [2.24, 2.45) is 10.2 Å². The van der Waals surface area contributed by atoms with Crippen LogP contribution < -0.4 is 5.32 Å². The first-order valence-corrected chi connectivity index (χ1v) is 6.15. The Morgan fingerprint density at radius 3 is 2.53 bits per heavy atom. The van der Waals surface area contributed by atoms with Crippen LogP contribution >= 0.6 is 11.3 Å². The van der Waals surface area contributed by atoms with Gasteiger partial charge in [-0.05, 0) is 38.1 Å². The SMILES string of the molecule is CCNc1ccc(N=Nc2nnc(C)s2)cc1. The number of rotatable bonds is 4. The summed E-state index contributed by atoms with van der Waals surface area (Å²) < 4.78 is 0. The van der Waals surface area contributed by atoms with Crippen molar-refractivity contribution >= 4 is 27.8 Å². The fourth-order valence-electron chi connectivity index (χ4n) is 1.28. The Kier molecular flexibility index (Phi) is 3.77. The maximum atomic E-state index is 4.10. The zero-order valence-electron chi connectivity index (χ0n) is 9.71. The van der Waals surface area contributed by atoms with E-state index in [-0.39, 0.29) is 0 Å². The number of aryl methyl sites for hydroxylation is 1. The lowest BCUT2D eigenvalue weighted by molar-refractivity contribution is 1.03. The van der Waals surface area contributed by atoms with Crippen LogP contribution in [0.25, 0.3) is 0 Å². The Morgan fingerprint density at radius 1 is 1.18 bits per heavy atom. The predicted molar refractivity (Wildman–Crippen MR) is 69.4 cm³/mol. The third-order valence-electron chi connectivity index (χ3n) is 2.01. The van der Waals surface area contributed by atoms with Crippen molar-refractivity contribution < 1.29 is 0 Å². The third kappa shape index (κ3) is 3.32. The first-order chi connectivity index (χ1) is 8.28. The van der Waals surface area contributed by atoms with Crippen LogP contribution in [-0.2, 0) is 0 Å². The number of nitrogens with zero attached hydrogens (tertiary/aromatic N) is 4. The van der Waals surface area contributed by atoms with Gasteiger partial charge in [0.15, 0.2) is 0 Å². The van der Waals surface area contributed by atoms with Crippen LogP contribution in [0.3, 0.4) is 0 Å². The molecule has 1 N–H and O–H groups in total. The fraction of sp³-hybridized carbons (Fsp3) is 0.273. The standard InChI is InChI=1S/C11H13N5S/c1-3-12-9-4-6-10(7-5-9)14-16-11-15-13-8(2)17-11/h4-7,12H,3H2,1-2H3. The van der Waals surface area contributed by atoms with Gasteiger partial charge in [-0.3, -0.25) is 0 Å². The monoisotopic (exact) mass is 247 g/mol. The molecular weight excluding hydrogens is 234 g/mol. The second kappa shape index (κ2) is 5.49. The molecule has 0 aliphatic heterocycles. The molecule has 0 radical (unpaired) electrons. The van der Waals surface area contributed by atoms with Crippen molar-refractivity contribution in [2.75, 3.05) is 11.9 Å². The average Bonchev–Trinajstić information content (AvgIpc) is 2.75. The molecule has 1 heterocycles. The summed E-state index contributed by atoms with van der Waals surface area (Å²) in [5.74, 6) is 0. The lowest BCUT2D eigenvalue weighted by Crippen LogP contribution is -1.94. The second-order valence-electron chi connectivity index (χ2n) is 3.38. The van der Waals surface area contributed by atoms with Gasteiger partial charge in [0.25, 0.3) is 5.13 Å². The van der Waals surface area contributed by atoms with E-state index in [2.05, 4.69) is 32.7 Å². The average molecular weight is 247 g/mol. The molecule has 17 heavy (non-hydrogen) atoms. The normalized spacial score (nSPS) is 10.9. The topological polar surface area (TPSA) is 62.5 Å². The molecule has 2 aromatic rings. The molecule has 0 atom stereocenters. The molecule has 0 spiro atoms. The van der Waals surface area contributed by atoms with Crippen LogP contribution in [0.4, 0.5) is 16.5 Å². The van der Waals surface area contributed by atoms with Crippen LogP contribution in [0.15, 0.2) is 34.5 Å². The number of hydrogen-bond donors (Lipinski definition) is 1. The lowest BCUT2D eigenvalue weighted by atomic mass is 10.3. The van der Waals surface area contributed by atoms with Crippen molar-refractivity contribution in [3.05, 3.63) is 29.3 Å². The van der Waals surface area contributed by atoms with Gasteiger partial charge in [0.05, 0.1) is 5.69 Å². The quantitative estimate of drug-likeness (QED) is 0.838. The maximum absolute atomic E-state index is 4.10. The van der Waals surface area contributed by atoms with Crippen molar-refractivity contribution in [3.8, 4) is 0 Å². The molecule has 0 fully saturated rings. The van der Waals surface area contributed by atoms with Gasteiger partial charge in [0, 0.05) is 12.2 Å². The largest absolute Gasteiger partial charge is 0.385 e. The number of nitrogens with one attached hydrogen (secondary N) is 1. The minimum absolute atomic E-state index is 0.582. The van der Waals surface area contributed by atoms with Gasteiger partial charge in [0.2, 0.25) is 0 Å². The molecule has 88 valence electrons. The first kappa shape index (κ1) is 11.7. The molecule has 0 unspecified atom stereocenters. The molecule has 2 rings (SSSR count). The number of anilines is 1. The highest BCUT2D eigenvalue weighted by Gasteiger charge is 1.97. The van der Waals surface area contributed by atoms with Crippen LogP contribution in [-0.4, -0.2) is 16.7 Å². The molecule has 0 saturated heterocycles. The van der Waals surface area contributed by atoms with Crippen molar-refractivity contribution in [2.45, 2.75) is 13.8 Å². The third-order valence-corrected chi connectivity index (χ3v) is 2.74. The fourth-order valence-corrected chi connectivity index (χ4v) is 1.79. The highest BCUT2D eigenvalue weighted by Crippen LogP contribution is 2.22.